The Kier molecular flexibility index (Phi) is 5.15. The van der Waals surface area contributed by atoms with Gasteiger partial charge in [-0.05, 0) is 38.8 Å². The van der Waals surface area contributed by atoms with Crippen LogP contribution in [0, 0.1) is 6.92 Å². The van der Waals surface area contributed by atoms with Crippen LogP contribution in [0.5, 0.6) is 0 Å². The smallest absolute Gasteiger partial charge is 0.238 e. The van der Waals surface area contributed by atoms with Gasteiger partial charge in [-0.25, -0.2) is 0 Å². The van der Waals surface area contributed by atoms with E-state index in [1.165, 1.54) is 12.0 Å². The van der Waals surface area contributed by atoms with Crippen LogP contribution in [-0.4, -0.2) is 36.0 Å². The second-order valence-electron chi connectivity index (χ2n) is 5.76. The molecule has 1 saturated heterocycles. The van der Waals surface area contributed by atoms with E-state index in [1.54, 1.807) is 0 Å². The van der Waals surface area contributed by atoms with E-state index in [-0.39, 0.29) is 5.91 Å². The third kappa shape index (κ3) is 3.81. The van der Waals surface area contributed by atoms with Gasteiger partial charge in [0.1, 0.15) is 0 Å². The second-order valence-corrected chi connectivity index (χ2v) is 5.76. The Morgan fingerprint density at radius 1 is 1.35 bits per heavy atom. The van der Waals surface area contributed by atoms with Gasteiger partial charge in [0, 0.05) is 24.3 Å². The molecular formula is C16H25N3O. The molecule has 0 spiro atoms. The fourth-order valence-corrected chi connectivity index (χ4v) is 2.88. The van der Waals surface area contributed by atoms with E-state index in [9.17, 15) is 4.79 Å². The van der Waals surface area contributed by atoms with Gasteiger partial charge in [-0.3, -0.25) is 9.69 Å². The number of rotatable bonds is 4. The highest BCUT2D eigenvalue weighted by molar-refractivity contribution is 5.92. The summed E-state index contributed by atoms with van der Waals surface area (Å²) in [6.45, 7) is 5.27. The number of aryl methyl sites for hydroxylation is 1. The highest BCUT2D eigenvalue weighted by Crippen LogP contribution is 2.22. The number of likely N-dealkylation sites (tertiary alicyclic amines) is 1. The molecular weight excluding hydrogens is 250 g/mol. The molecule has 0 bridgehead atoms. The molecule has 0 saturated carbocycles. The van der Waals surface area contributed by atoms with Crippen LogP contribution < -0.4 is 11.1 Å². The van der Waals surface area contributed by atoms with Gasteiger partial charge in [-0.2, -0.15) is 0 Å². The van der Waals surface area contributed by atoms with Crippen molar-refractivity contribution in [3.05, 3.63) is 29.8 Å². The zero-order valence-electron chi connectivity index (χ0n) is 12.4. The van der Waals surface area contributed by atoms with E-state index in [0.29, 0.717) is 25.2 Å². The molecule has 1 aromatic rings. The lowest BCUT2D eigenvalue weighted by Gasteiger charge is -2.39. The summed E-state index contributed by atoms with van der Waals surface area (Å²) in [5, 5.41) is 2.96. The van der Waals surface area contributed by atoms with Crippen LogP contribution in [0.1, 0.15) is 31.7 Å². The van der Waals surface area contributed by atoms with Gasteiger partial charge in [-0.1, -0.05) is 24.1 Å². The van der Waals surface area contributed by atoms with Crippen LogP contribution in [0.4, 0.5) is 5.69 Å². The van der Waals surface area contributed by atoms with E-state index in [2.05, 4.69) is 17.1 Å². The molecule has 0 aromatic heterocycles. The first-order valence-corrected chi connectivity index (χ1v) is 7.42. The molecule has 0 radical (unpaired) electrons. The largest absolute Gasteiger partial charge is 0.329 e. The van der Waals surface area contributed by atoms with Gasteiger partial charge in [-0.15, -0.1) is 0 Å². The van der Waals surface area contributed by atoms with Gasteiger partial charge >= 0.3 is 0 Å². The number of carbonyl (C=O) groups excluding carboxylic acids is 1. The summed E-state index contributed by atoms with van der Waals surface area (Å²) in [6, 6.07) is 8.65. The molecule has 1 aromatic carbocycles. The first-order chi connectivity index (χ1) is 9.60. The molecule has 2 unspecified atom stereocenters. The van der Waals surface area contributed by atoms with Crippen molar-refractivity contribution in [1.29, 1.82) is 0 Å². The first kappa shape index (κ1) is 15.0. The minimum atomic E-state index is 0.0426. The van der Waals surface area contributed by atoms with Crippen molar-refractivity contribution in [1.82, 2.24) is 4.90 Å². The number of nitrogens with two attached hydrogens (primary N) is 1. The molecule has 1 heterocycles. The maximum atomic E-state index is 12.2. The average Bonchev–Trinajstić information content (AvgIpc) is 2.43. The van der Waals surface area contributed by atoms with Crippen molar-refractivity contribution in [2.75, 3.05) is 18.4 Å². The summed E-state index contributed by atoms with van der Waals surface area (Å²) in [7, 11) is 0. The number of anilines is 1. The van der Waals surface area contributed by atoms with E-state index in [4.69, 9.17) is 5.73 Å². The Bertz CT molecular complexity index is 444. The Labute approximate surface area is 121 Å². The normalized spacial score (nSPS) is 23.6. The molecule has 1 amide bonds. The van der Waals surface area contributed by atoms with Gasteiger partial charge in [0.25, 0.3) is 0 Å². The van der Waals surface area contributed by atoms with Crippen molar-refractivity contribution < 1.29 is 4.79 Å². The van der Waals surface area contributed by atoms with Gasteiger partial charge in [0.15, 0.2) is 0 Å². The average molecular weight is 275 g/mol. The topological polar surface area (TPSA) is 58.4 Å². The SMILES string of the molecule is Cc1ccc(NC(=O)CN2C(C)CCCC2CN)cc1. The predicted molar refractivity (Wildman–Crippen MR) is 82.7 cm³/mol. The van der Waals surface area contributed by atoms with E-state index < -0.39 is 0 Å². The zero-order valence-corrected chi connectivity index (χ0v) is 12.4. The number of benzene rings is 1. The highest BCUT2D eigenvalue weighted by atomic mass is 16.2. The number of nitrogens with one attached hydrogen (secondary N) is 1. The first-order valence-electron chi connectivity index (χ1n) is 7.42. The minimum Gasteiger partial charge on any atom is -0.329 e. The van der Waals surface area contributed by atoms with Crippen molar-refractivity contribution in [3.63, 3.8) is 0 Å². The molecule has 1 aliphatic heterocycles. The van der Waals surface area contributed by atoms with Crippen LogP contribution in [-0.2, 0) is 4.79 Å². The lowest BCUT2D eigenvalue weighted by Crippen LogP contribution is -2.51. The molecule has 1 fully saturated rings. The summed E-state index contributed by atoms with van der Waals surface area (Å²) in [6.07, 6.45) is 3.45. The molecule has 2 atom stereocenters. The van der Waals surface area contributed by atoms with Crippen LogP contribution >= 0.6 is 0 Å². The van der Waals surface area contributed by atoms with Crippen LogP contribution in [0.15, 0.2) is 24.3 Å². The standard InChI is InChI=1S/C16H25N3O/c1-12-6-8-14(9-7-12)18-16(20)11-19-13(2)4-3-5-15(19)10-17/h6-9,13,15H,3-5,10-11,17H2,1-2H3,(H,18,20). The number of amides is 1. The molecule has 4 nitrogen and oxygen atoms in total. The second kappa shape index (κ2) is 6.86. The summed E-state index contributed by atoms with van der Waals surface area (Å²) in [5.41, 5.74) is 7.87. The van der Waals surface area contributed by atoms with Crippen molar-refractivity contribution >= 4 is 11.6 Å². The lowest BCUT2D eigenvalue weighted by atomic mass is 9.96. The van der Waals surface area contributed by atoms with E-state index in [0.717, 1.165) is 18.5 Å². The van der Waals surface area contributed by atoms with Gasteiger partial charge < -0.3 is 11.1 Å². The number of nitrogens with zero attached hydrogens (tertiary/aromatic N) is 1. The predicted octanol–water partition coefficient (Wildman–Crippen LogP) is 2.14. The molecule has 3 N–H and O–H groups in total. The monoisotopic (exact) mass is 275 g/mol. The maximum Gasteiger partial charge on any atom is 0.238 e. The Morgan fingerprint density at radius 2 is 2.05 bits per heavy atom. The van der Waals surface area contributed by atoms with Crippen molar-refractivity contribution in [2.45, 2.75) is 45.2 Å². The Balaban J connectivity index is 1.94. The van der Waals surface area contributed by atoms with E-state index >= 15 is 0 Å². The number of hydrogen-bond acceptors (Lipinski definition) is 3. The Hall–Kier alpha value is -1.39. The van der Waals surface area contributed by atoms with Crippen molar-refractivity contribution in [2.24, 2.45) is 5.73 Å². The highest BCUT2D eigenvalue weighted by Gasteiger charge is 2.28. The maximum absolute atomic E-state index is 12.2. The minimum absolute atomic E-state index is 0.0426. The third-order valence-corrected chi connectivity index (χ3v) is 4.13. The van der Waals surface area contributed by atoms with Crippen LogP contribution in [0.25, 0.3) is 0 Å². The summed E-state index contributed by atoms with van der Waals surface area (Å²) < 4.78 is 0. The Morgan fingerprint density at radius 3 is 2.70 bits per heavy atom. The summed E-state index contributed by atoms with van der Waals surface area (Å²) >= 11 is 0. The third-order valence-electron chi connectivity index (χ3n) is 4.13. The van der Waals surface area contributed by atoms with Gasteiger partial charge in [0.2, 0.25) is 5.91 Å². The fourth-order valence-electron chi connectivity index (χ4n) is 2.88. The quantitative estimate of drug-likeness (QED) is 0.885. The molecule has 110 valence electrons. The van der Waals surface area contributed by atoms with Gasteiger partial charge in [0.05, 0.1) is 6.54 Å². The molecule has 0 aliphatic carbocycles. The van der Waals surface area contributed by atoms with Crippen LogP contribution in [0.3, 0.4) is 0 Å². The van der Waals surface area contributed by atoms with Crippen LogP contribution in [0.2, 0.25) is 0 Å². The summed E-state index contributed by atoms with van der Waals surface area (Å²) in [4.78, 5) is 14.4. The lowest BCUT2D eigenvalue weighted by molar-refractivity contribution is -0.118. The van der Waals surface area contributed by atoms with Crippen molar-refractivity contribution in [3.8, 4) is 0 Å². The number of carbonyl (C=O) groups is 1. The molecule has 20 heavy (non-hydrogen) atoms. The van der Waals surface area contributed by atoms with E-state index in [1.807, 2.05) is 31.2 Å². The number of piperidine rings is 1. The summed E-state index contributed by atoms with van der Waals surface area (Å²) in [5.74, 6) is 0.0426. The fraction of sp³-hybridized carbons (Fsp3) is 0.562. The molecule has 4 heteroatoms. The zero-order chi connectivity index (χ0) is 14.5. The molecule has 2 rings (SSSR count). The number of hydrogen-bond donors (Lipinski definition) is 2. The molecule has 1 aliphatic rings.